The van der Waals surface area contributed by atoms with Crippen LogP contribution < -0.4 is 0 Å². The number of likely N-dealkylation sites (N-methyl/N-ethyl adjacent to an activating group) is 1. The number of carbonyl (C=O) groups excluding carboxylic acids is 1. The Morgan fingerprint density at radius 3 is 2.82 bits per heavy atom. The third kappa shape index (κ3) is 3.23. The van der Waals surface area contributed by atoms with E-state index in [1.807, 2.05) is 29.2 Å². The molecule has 0 saturated carbocycles. The van der Waals surface area contributed by atoms with E-state index in [1.165, 1.54) is 0 Å². The van der Waals surface area contributed by atoms with E-state index in [0.29, 0.717) is 0 Å². The quantitative estimate of drug-likeness (QED) is 0.768. The van der Waals surface area contributed by atoms with Gasteiger partial charge < -0.3 is 9.80 Å². The highest BCUT2D eigenvalue weighted by Gasteiger charge is 2.18. The van der Waals surface area contributed by atoms with Gasteiger partial charge in [-0.2, -0.15) is 0 Å². The van der Waals surface area contributed by atoms with Crippen LogP contribution in [-0.4, -0.2) is 48.9 Å². The van der Waals surface area contributed by atoms with Gasteiger partial charge in [0.25, 0.3) is 5.91 Å². The highest BCUT2D eigenvalue weighted by molar-refractivity contribution is 7.80. The minimum Gasteiger partial charge on any atom is -0.337 e. The summed E-state index contributed by atoms with van der Waals surface area (Å²) in [7, 11) is 2.10. The Balaban J connectivity index is 2.09. The monoisotopic (exact) mass is 250 g/mol. The zero-order valence-electron chi connectivity index (χ0n) is 10.1. The maximum atomic E-state index is 12.3. The molecule has 0 atom stereocenters. The average molecular weight is 250 g/mol. The number of benzene rings is 1. The third-order valence-electron chi connectivity index (χ3n) is 3.10. The number of nitrogens with zero attached hydrogens (tertiary/aromatic N) is 2. The van der Waals surface area contributed by atoms with Crippen LogP contribution in [0.15, 0.2) is 29.2 Å². The SMILES string of the molecule is CN1CCCN(C(=O)c2cccc(S)c2)CC1. The van der Waals surface area contributed by atoms with Gasteiger partial charge in [-0.05, 0) is 38.2 Å². The van der Waals surface area contributed by atoms with Gasteiger partial charge in [0.05, 0.1) is 0 Å². The van der Waals surface area contributed by atoms with Crippen molar-refractivity contribution < 1.29 is 4.79 Å². The van der Waals surface area contributed by atoms with Crippen molar-refractivity contribution in [3.63, 3.8) is 0 Å². The molecule has 0 bridgehead atoms. The van der Waals surface area contributed by atoms with Crippen LogP contribution in [0.4, 0.5) is 0 Å². The van der Waals surface area contributed by atoms with E-state index in [9.17, 15) is 4.79 Å². The Labute approximate surface area is 108 Å². The summed E-state index contributed by atoms with van der Waals surface area (Å²) >= 11 is 4.27. The van der Waals surface area contributed by atoms with Gasteiger partial charge in [-0.25, -0.2) is 0 Å². The molecule has 4 heteroatoms. The van der Waals surface area contributed by atoms with Crippen molar-refractivity contribution in [3.05, 3.63) is 29.8 Å². The molecule has 0 N–H and O–H groups in total. The number of carbonyl (C=O) groups is 1. The van der Waals surface area contributed by atoms with Crippen molar-refractivity contribution in [1.29, 1.82) is 0 Å². The van der Waals surface area contributed by atoms with E-state index in [2.05, 4.69) is 24.6 Å². The smallest absolute Gasteiger partial charge is 0.253 e. The predicted octanol–water partition coefficient (Wildman–Crippen LogP) is 1.75. The number of amides is 1. The van der Waals surface area contributed by atoms with Crippen LogP contribution in [0.2, 0.25) is 0 Å². The lowest BCUT2D eigenvalue weighted by atomic mass is 10.2. The standard InChI is InChI=1S/C13H18N2OS/c1-14-6-3-7-15(9-8-14)13(16)11-4-2-5-12(17)10-11/h2,4-5,10,17H,3,6-9H2,1H3. The molecule has 1 heterocycles. The minimum atomic E-state index is 0.121. The zero-order valence-corrected chi connectivity index (χ0v) is 11.0. The van der Waals surface area contributed by atoms with Crippen molar-refractivity contribution in [3.8, 4) is 0 Å². The number of rotatable bonds is 1. The molecule has 1 aromatic rings. The summed E-state index contributed by atoms with van der Waals surface area (Å²) in [5, 5.41) is 0. The van der Waals surface area contributed by atoms with E-state index in [1.54, 1.807) is 0 Å². The van der Waals surface area contributed by atoms with E-state index in [-0.39, 0.29) is 5.91 Å². The predicted molar refractivity (Wildman–Crippen MR) is 71.7 cm³/mol. The van der Waals surface area contributed by atoms with Gasteiger partial charge in [0.2, 0.25) is 0 Å². The first-order valence-electron chi connectivity index (χ1n) is 5.93. The molecule has 0 aromatic heterocycles. The fourth-order valence-corrected chi connectivity index (χ4v) is 2.30. The molecule has 92 valence electrons. The lowest BCUT2D eigenvalue weighted by Crippen LogP contribution is -2.34. The Morgan fingerprint density at radius 2 is 2.06 bits per heavy atom. The van der Waals surface area contributed by atoms with Crippen LogP contribution in [0.5, 0.6) is 0 Å². The molecule has 1 amide bonds. The first-order valence-corrected chi connectivity index (χ1v) is 6.38. The molecule has 0 radical (unpaired) electrons. The molecular weight excluding hydrogens is 232 g/mol. The molecule has 3 nitrogen and oxygen atoms in total. The van der Waals surface area contributed by atoms with Crippen molar-refractivity contribution in [2.75, 3.05) is 33.2 Å². The van der Waals surface area contributed by atoms with Gasteiger partial charge in [0, 0.05) is 30.1 Å². The first kappa shape index (κ1) is 12.5. The largest absolute Gasteiger partial charge is 0.337 e. The van der Waals surface area contributed by atoms with Crippen molar-refractivity contribution in [2.24, 2.45) is 0 Å². The van der Waals surface area contributed by atoms with Crippen molar-refractivity contribution >= 4 is 18.5 Å². The molecule has 0 aliphatic carbocycles. The number of hydrogen-bond donors (Lipinski definition) is 1. The summed E-state index contributed by atoms with van der Waals surface area (Å²) in [6.07, 6.45) is 1.04. The number of thiol groups is 1. The van der Waals surface area contributed by atoms with Crippen LogP contribution in [0.25, 0.3) is 0 Å². The van der Waals surface area contributed by atoms with Gasteiger partial charge in [-0.3, -0.25) is 4.79 Å². The first-order chi connectivity index (χ1) is 8.16. The molecule has 1 saturated heterocycles. The van der Waals surface area contributed by atoms with E-state index in [0.717, 1.165) is 43.1 Å². The zero-order chi connectivity index (χ0) is 12.3. The Morgan fingerprint density at radius 1 is 1.24 bits per heavy atom. The molecule has 2 rings (SSSR count). The average Bonchev–Trinajstić information content (AvgIpc) is 2.53. The third-order valence-corrected chi connectivity index (χ3v) is 3.38. The summed E-state index contributed by atoms with van der Waals surface area (Å²) in [5.74, 6) is 0.121. The topological polar surface area (TPSA) is 23.6 Å². The minimum absolute atomic E-state index is 0.121. The summed E-state index contributed by atoms with van der Waals surface area (Å²) in [5.41, 5.74) is 0.738. The van der Waals surface area contributed by atoms with Gasteiger partial charge in [-0.15, -0.1) is 12.6 Å². The summed E-state index contributed by atoms with van der Waals surface area (Å²) < 4.78 is 0. The molecule has 0 unspecified atom stereocenters. The molecule has 1 aromatic carbocycles. The van der Waals surface area contributed by atoms with Crippen LogP contribution in [0, 0.1) is 0 Å². The van der Waals surface area contributed by atoms with Crippen LogP contribution in [0.1, 0.15) is 16.8 Å². The number of hydrogen-bond acceptors (Lipinski definition) is 3. The van der Waals surface area contributed by atoms with Gasteiger partial charge in [0.15, 0.2) is 0 Å². The van der Waals surface area contributed by atoms with Gasteiger partial charge in [-0.1, -0.05) is 6.07 Å². The lowest BCUT2D eigenvalue weighted by molar-refractivity contribution is 0.0762. The summed E-state index contributed by atoms with van der Waals surface area (Å²) in [6.45, 7) is 3.68. The van der Waals surface area contributed by atoms with Crippen LogP contribution in [-0.2, 0) is 0 Å². The molecule has 17 heavy (non-hydrogen) atoms. The van der Waals surface area contributed by atoms with E-state index < -0.39 is 0 Å². The maximum absolute atomic E-state index is 12.3. The lowest BCUT2D eigenvalue weighted by Gasteiger charge is -2.20. The van der Waals surface area contributed by atoms with E-state index in [4.69, 9.17) is 0 Å². The summed E-state index contributed by atoms with van der Waals surface area (Å²) in [4.78, 5) is 17.3. The highest BCUT2D eigenvalue weighted by atomic mass is 32.1. The Hall–Kier alpha value is -1.00. The van der Waals surface area contributed by atoms with E-state index >= 15 is 0 Å². The summed E-state index contributed by atoms with van der Waals surface area (Å²) in [6, 6.07) is 7.45. The molecule has 1 aliphatic heterocycles. The highest BCUT2D eigenvalue weighted by Crippen LogP contribution is 2.12. The van der Waals surface area contributed by atoms with Crippen molar-refractivity contribution in [1.82, 2.24) is 9.80 Å². The maximum Gasteiger partial charge on any atom is 0.253 e. The molecule has 1 fully saturated rings. The second-order valence-corrected chi connectivity index (χ2v) is 5.02. The molecule has 1 aliphatic rings. The van der Waals surface area contributed by atoms with Gasteiger partial charge >= 0.3 is 0 Å². The van der Waals surface area contributed by atoms with Gasteiger partial charge in [0.1, 0.15) is 0 Å². The second-order valence-electron chi connectivity index (χ2n) is 4.50. The Kier molecular flexibility index (Phi) is 4.07. The normalized spacial score (nSPS) is 17.9. The fourth-order valence-electron chi connectivity index (χ4n) is 2.07. The molecule has 0 spiro atoms. The fraction of sp³-hybridized carbons (Fsp3) is 0.462. The van der Waals surface area contributed by atoms with Crippen LogP contribution in [0.3, 0.4) is 0 Å². The van der Waals surface area contributed by atoms with Crippen molar-refractivity contribution in [2.45, 2.75) is 11.3 Å². The molecular formula is C13H18N2OS. The van der Waals surface area contributed by atoms with Crippen LogP contribution >= 0.6 is 12.6 Å². The Bertz CT molecular complexity index is 408. The second kappa shape index (κ2) is 5.56.